The summed E-state index contributed by atoms with van der Waals surface area (Å²) in [5.74, 6) is 1.60. The molecule has 4 heteroatoms. The topological polar surface area (TPSA) is 27.1 Å². The average Bonchev–Trinajstić information content (AvgIpc) is 2.79. The number of nitrogens with zero attached hydrogens (tertiary/aromatic N) is 2. The third-order valence-electron chi connectivity index (χ3n) is 2.42. The van der Waals surface area contributed by atoms with E-state index >= 15 is 0 Å². The molecular weight excluding hydrogens is 280 g/mol. The summed E-state index contributed by atoms with van der Waals surface area (Å²) in [5, 5.41) is 5.09. The zero-order chi connectivity index (χ0) is 12.3. The van der Waals surface area contributed by atoms with Crippen LogP contribution in [0.5, 0.6) is 11.5 Å². The molecule has 1 aromatic heterocycles. The maximum Gasteiger partial charge on any atom is 0.165 e. The second kappa shape index (κ2) is 5.36. The van der Waals surface area contributed by atoms with Gasteiger partial charge in [-0.25, -0.2) is 0 Å². The van der Waals surface area contributed by atoms with E-state index in [1.165, 1.54) is 5.56 Å². The van der Waals surface area contributed by atoms with Gasteiger partial charge in [-0.15, -0.1) is 0 Å². The molecule has 0 aliphatic heterocycles. The molecule has 0 fully saturated rings. The van der Waals surface area contributed by atoms with Crippen LogP contribution in [0.15, 0.2) is 36.7 Å². The molecule has 0 bridgehead atoms. The number of benzene rings is 1. The Balaban J connectivity index is 2.08. The largest absolute Gasteiger partial charge is 0.454 e. The number of rotatable bonds is 4. The van der Waals surface area contributed by atoms with E-state index in [1.807, 2.05) is 35.1 Å². The Hall–Kier alpha value is -1.29. The molecule has 0 saturated heterocycles. The summed E-state index contributed by atoms with van der Waals surface area (Å²) in [6, 6.07) is 8.35. The summed E-state index contributed by atoms with van der Waals surface area (Å²) in [5.41, 5.74) is 1.23. The second-order valence-corrected chi connectivity index (χ2v) is 4.69. The normalized spacial score (nSPS) is 10.8. The van der Waals surface area contributed by atoms with Gasteiger partial charge in [0.2, 0.25) is 0 Å². The first-order valence-electron chi connectivity index (χ1n) is 5.56. The van der Waals surface area contributed by atoms with E-state index in [2.05, 4.69) is 34.9 Å². The third kappa shape index (κ3) is 3.09. The minimum atomic E-state index is 0.350. The average molecular weight is 295 g/mol. The standard InChI is InChI=1S/C13H15BrN2O/c1-10(2)16-9-13(8-15-16)17-12-5-3-11(7-14)4-6-12/h3-6,8-10H,7H2,1-2H3. The predicted molar refractivity (Wildman–Crippen MR) is 71.8 cm³/mol. The van der Waals surface area contributed by atoms with E-state index < -0.39 is 0 Å². The number of aromatic nitrogens is 2. The Labute approximate surface area is 110 Å². The van der Waals surface area contributed by atoms with E-state index in [9.17, 15) is 0 Å². The molecule has 17 heavy (non-hydrogen) atoms. The molecule has 0 spiro atoms. The minimum absolute atomic E-state index is 0.350. The van der Waals surface area contributed by atoms with Crippen LogP contribution < -0.4 is 4.74 Å². The van der Waals surface area contributed by atoms with Crippen LogP contribution in [0, 0.1) is 0 Å². The monoisotopic (exact) mass is 294 g/mol. The number of hydrogen-bond donors (Lipinski definition) is 0. The molecule has 0 unspecified atom stereocenters. The van der Waals surface area contributed by atoms with Crippen LogP contribution in [0.3, 0.4) is 0 Å². The van der Waals surface area contributed by atoms with Crippen LogP contribution in [0.4, 0.5) is 0 Å². The molecule has 3 nitrogen and oxygen atoms in total. The van der Waals surface area contributed by atoms with Crippen molar-refractivity contribution in [1.29, 1.82) is 0 Å². The van der Waals surface area contributed by atoms with Crippen molar-refractivity contribution in [3.05, 3.63) is 42.2 Å². The third-order valence-corrected chi connectivity index (χ3v) is 3.07. The minimum Gasteiger partial charge on any atom is -0.454 e. The van der Waals surface area contributed by atoms with Gasteiger partial charge in [-0.3, -0.25) is 4.68 Å². The van der Waals surface area contributed by atoms with Gasteiger partial charge in [0.05, 0.1) is 12.4 Å². The quantitative estimate of drug-likeness (QED) is 0.792. The number of hydrogen-bond acceptors (Lipinski definition) is 2. The van der Waals surface area contributed by atoms with Gasteiger partial charge < -0.3 is 4.74 Å². The summed E-state index contributed by atoms with van der Waals surface area (Å²) >= 11 is 3.41. The smallest absolute Gasteiger partial charge is 0.165 e. The number of ether oxygens (including phenoxy) is 1. The Bertz CT molecular complexity index is 476. The summed E-state index contributed by atoms with van der Waals surface area (Å²) in [4.78, 5) is 0. The Kier molecular flexibility index (Phi) is 3.84. The molecule has 0 amide bonds. The predicted octanol–water partition coefficient (Wildman–Crippen LogP) is 4.15. The Morgan fingerprint density at radius 1 is 1.24 bits per heavy atom. The molecule has 1 aromatic carbocycles. The number of halogens is 1. The van der Waals surface area contributed by atoms with Crippen molar-refractivity contribution in [3.63, 3.8) is 0 Å². The summed E-state index contributed by atoms with van der Waals surface area (Å²) in [7, 11) is 0. The molecule has 2 rings (SSSR count). The zero-order valence-electron chi connectivity index (χ0n) is 9.93. The lowest BCUT2D eigenvalue weighted by Crippen LogP contribution is -1.99. The summed E-state index contributed by atoms with van der Waals surface area (Å²) in [6.45, 7) is 4.17. The molecular formula is C13H15BrN2O. The summed E-state index contributed by atoms with van der Waals surface area (Å²) < 4.78 is 7.59. The van der Waals surface area contributed by atoms with Crippen molar-refractivity contribution >= 4 is 15.9 Å². The highest BCUT2D eigenvalue weighted by atomic mass is 79.9. The maximum absolute atomic E-state index is 5.71. The molecule has 1 heterocycles. The van der Waals surface area contributed by atoms with Gasteiger partial charge in [0.25, 0.3) is 0 Å². The van der Waals surface area contributed by atoms with Crippen LogP contribution >= 0.6 is 15.9 Å². The lowest BCUT2D eigenvalue weighted by atomic mass is 10.2. The van der Waals surface area contributed by atoms with Gasteiger partial charge in [-0.2, -0.15) is 5.10 Å². The molecule has 0 atom stereocenters. The molecule has 2 aromatic rings. The van der Waals surface area contributed by atoms with Crippen LogP contribution in [0.2, 0.25) is 0 Å². The van der Waals surface area contributed by atoms with Gasteiger partial charge in [0.15, 0.2) is 5.75 Å². The van der Waals surface area contributed by atoms with E-state index in [1.54, 1.807) is 6.20 Å². The number of alkyl halides is 1. The van der Waals surface area contributed by atoms with Crippen molar-refractivity contribution in [3.8, 4) is 11.5 Å². The Morgan fingerprint density at radius 2 is 1.94 bits per heavy atom. The lowest BCUT2D eigenvalue weighted by Gasteiger charge is -2.04. The molecule has 90 valence electrons. The van der Waals surface area contributed by atoms with E-state index in [4.69, 9.17) is 4.74 Å². The first kappa shape index (κ1) is 12.2. The fraction of sp³-hybridized carbons (Fsp3) is 0.308. The first-order chi connectivity index (χ1) is 8.19. The van der Waals surface area contributed by atoms with Crippen LogP contribution in [0.1, 0.15) is 25.5 Å². The van der Waals surface area contributed by atoms with E-state index in [0.717, 1.165) is 16.8 Å². The van der Waals surface area contributed by atoms with Crippen LogP contribution in [0.25, 0.3) is 0 Å². The zero-order valence-corrected chi connectivity index (χ0v) is 11.5. The van der Waals surface area contributed by atoms with Crippen molar-refractivity contribution in [1.82, 2.24) is 9.78 Å². The van der Waals surface area contributed by atoms with Crippen LogP contribution in [-0.2, 0) is 5.33 Å². The fourth-order valence-electron chi connectivity index (χ4n) is 1.44. The van der Waals surface area contributed by atoms with E-state index in [0.29, 0.717) is 6.04 Å². The first-order valence-corrected chi connectivity index (χ1v) is 6.68. The van der Waals surface area contributed by atoms with Gasteiger partial charge in [0, 0.05) is 11.4 Å². The highest BCUT2D eigenvalue weighted by Gasteiger charge is 2.03. The van der Waals surface area contributed by atoms with Crippen molar-refractivity contribution in [2.75, 3.05) is 0 Å². The second-order valence-electron chi connectivity index (χ2n) is 4.13. The summed E-state index contributed by atoms with van der Waals surface area (Å²) in [6.07, 6.45) is 3.64. The van der Waals surface area contributed by atoms with Crippen molar-refractivity contribution < 1.29 is 4.74 Å². The fourth-order valence-corrected chi connectivity index (χ4v) is 1.81. The van der Waals surface area contributed by atoms with Gasteiger partial charge in [-0.05, 0) is 31.5 Å². The molecule has 0 radical (unpaired) electrons. The SMILES string of the molecule is CC(C)n1cc(Oc2ccc(CBr)cc2)cn1. The molecule has 0 aliphatic carbocycles. The highest BCUT2D eigenvalue weighted by Crippen LogP contribution is 2.22. The van der Waals surface area contributed by atoms with Gasteiger partial charge in [0.1, 0.15) is 5.75 Å². The van der Waals surface area contributed by atoms with E-state index in [-0.39, 0.29) is 0 Å². The molecule has 0 aliphatic rings. The van der Waals surface area contributed by atoms with Crippen molar-refractivity contribution in [2.45, 2.75) is 25.2 Å². The Morgan fingerprint density at radius 3 is 2.47 bits per heavy atom. The molecule has 0 saturated carbocycles. The van der Waals surface area contributed by atoms with Gasteiger partial charge >= 0.3 is 0 Å². The molecule has 0 N–H and O–H groups in total. The maximum atomic E-state index is 5.71. The van der Waals surface area contributed by atoms with Crippen LogP contribution in [-0.4, -0.2) is 9.78 Å². The lowest BCUT2D eigenvalue weighted by molar-refractivity contribution is 0.477. The highest BCUT2D eigenvalue weighted by molar-refractivity contribution is 9.08. The van der Waals surface area contributed by atoms with Gasteiger partial charge in [-0.1, -0.05) is 28.1 Å². The van der Waals surface area contributed by atoms with Crippen molar-refractivity contribution in [2.24, 2.45) is 0 Å².